The Kier molecular flexibility index (Phi) is 6.02. The summed E-state index contributed by atoms with van der Waals surface area (Å²) in [6, 6.07) is 4.12. The van der Waals surface area contributed by atoms with Gasteiger partial charge in [0.25, 0.3) is 5.91 Å². The summed E-state index contributed by atoms with van der Waals surface area (Å²) in [4.78, 5) is 39.1. The van der Waals surface area contributed by atoms with Crippen LogP contribution in [-0.2, 0) is 19.3 Å². The summed E-state index contributed by atoms with van der Waals surface area (Å²) < 4.78 is 0. The lowest BCUT2D eigenvalue weighted by atomic mass is 9.79. The highest BCUT2D eigenvalue weighted by Crippen LogP contribution is 2.45. The van der Waals surface area contributed by atoms with Gasteiger partial charge in [-0.3, -0.25) is 14.4 Å². The van der Waals surface area contributed by atoms with E-state index >= 15 is 0 Å². The van der Waals surface area contributed by atoms with E-state index in [0.717, 1.165) is 35.1 Å². The molecule has 6 nitrogen and oxygen atoms in total. The van der Waals surface area contributed by atoms with Crippen LogP contribution in [0.5, 0.6) is 0 Å². The van der Waals surface area contributed by atoms with Gasteiger partial charge < -0.3 is 4.84 Å². The summed E-state index contributed by atoms with van der Waals surface area (Å²) in [5, 5.41) is 3.35. The number of aryl methyl sites for hydroxylation is 3. The van der Waals surface area contributed by atoms with Gasteiger partial charge in [-0.1, -0.05) is 30.5 Å². The van der Waals surface area contributed by atoms with Crippen molar-refractivity contribution < 1.29 is 19.3 Å². The number of nitrogens with zero attached hydrogens (tertiary/aromatic N) is 2. The fourth-order valence-corrected chi connectivity index (χ4v) is 5.74. The van der Waals surface area contributed by atoms with Gasteiger partial charge in [0, 0.05) is 13.1 Å². The average molecular weight is 415 g/mol. The lowest BCUT2D eigenvalue weighted by molar-refractivity contribution is -0.234. The van der Waals surface area contributed by atoms with Crippen LogP contribution in [0.2, 0.25) is 0 Å². The van der Waals surface area contributed by atoms with Crippen LogP contribution in [0, 0.1) is 26.7 Å². The van der Waals surface area contributed by atoms with Crippen LogP contribution in [0.3, 0.4) is 0 Å². The number of benzene rings is 1. The molecule has 6 heteroatoms. The molecule has 1 aliphatic carbocycles. The van der Waals surface area contributed by atoms with Crippen molar-refractivity contribution in [2.75, 3.05) is 26.8 Å². The molecule has 1 spiro atoms. The Morgan fingerprint density at radius 1 is 1.03 bits per heavy atom. The lowest BCUT2D eigenvalue weighted by Crippen LogP contribution is -2.56. The zero-order chi connectivity index (χ0) is 21.5. The molecular weight excluding hydrogens is 380 g/mol. The molecule has 164 valence electrons. The van der Waals surface area contributed by atoms with Crippen LogP contribution in [0.15, 0.2) is 12.1 Å². The SMILES string of the molecule is CON1CCC2(CC1)C(=O)C(c1c(C)cc(C)cc1C)C(=O)N2OCC1CCCC1. The number of rotatable bonds is 5. The fraction of sp³-hybridized carbons (Fsp3) is 0.667. The molecular formula is C24H34N2O4. The molecule has 0 radical (unpaired) electrons. The summed E-state index contributed by atoms with van der Waals surface area (Å²) in [5.74, 6) is -0.502. The first-order chi connectivity index (χ1) is 14.4. The number of carbonyl (C=O) groups is 2. The van der Waals surface area contributed by atoms with E-state index in [1.54, 1.807) is 7.11 Å². The molecule has 2 heterocycles. The van der Waals surface area contributed by atoms with Gasteiger partial charge in [-0.05, 0) is 69.1 Å². The summed E-state index contributed by atoms with van der Waals surface area (Å²) in [6.07, 6.45) is 5.80. The molecule has 0 bridgehead atoms. The molecule has 4 rings (SSSR count). The van der Waals surface area contributed by atoms with Gasteiger partial charge >= 0.3 is 0 Å². The molecule has 0 N–H and O–H groups in total. The first-order valence-corrected chi connectivity index (χ1v) is 11.3. The van der Waals surface area contributed by atoms with E-state index in [0.29, 0.717) is 38.5 Å². The van der Waals surface area contributed by atoms with Crippen molar-refractivity contribution in [1.29, 1.82) is 0 Å². The molecule has 1 amide bonds. The highest BCUT2D eigenvalue weighted by molar-refractivity contribution is 6.17. The molecule has 1 saturated carbocycles. The Labute approximate surface area is 179 Å². The smallest absolute Gasteiger partial charge is 0.262 e. The van der Waals surface area contributed by atoms with Crippen LogP contribution in [-0.4, -0.2) is 54.2 Å². The standard InChI is InChI=1S/C24H34N2O4/c1-16-13-17(2)20(18(3)14-16)21-22(27)24(9-11-25(29-4)12-10-24)26(23(21)28)30-15-19-7-5-6-8-19/h13-14,19,21H,5-12,15H2,1-4H3. The maximum Gasteiger partial charge on any atom is 0.262 e. The third-order valence-corrected chi connectivity index (χ3v) is 7.31. The van der Waals surface area contributed by atoms with Crippen LogP contribution in [0.25, 0.3) is 0 Å². The number of ketones is 1. The Morgan fingerprint density at radius 3 is 2.20 bits per heavy atom. The molecule has 30 heavy (non-hydrogen) atoms. The zero-order valence-corrected chi connectivity index (χ0v) is 18.7. The maximum atomic E-state index is 13.9. The lowest BCUT2D eigenvalue weighted by Gasteiger charge is -2.41. The highest BCUT2D eigenvalue weighted by atomic mass is 16.7. The second-order valence-electron chi connectivity index (χ2n) is 9.33. The summed E-state index contributed by atoms with van der Waals surface area (Å²) in [6.45, 7) is 7.78. The quantitative estimate of drug-likeness (QED) is 0.689. The topological polar surface area (TPSA) is 59.1 Å². The van der Waals surface area contributed by atoms with Crippen molar-refractivity contribution in [3.63, 3.8) is 0 Å². The van der Waals surface area contributed by atoms with Gasteiger partial charge in [-0.2, -0.15) is 5.06 Å². The first kappa shape index (κ1) is 21.5. The molecule has 3 aliphatic rings. The first-order valence-electron chi connectivity index (χ1n) is 11.3. The molecule has 1 atom stereocenters. The monoisotopic (exact) mass is 414 g/mol. The Hall–Kier alpha value is -1.76. The van der Waals surface area contributed by atoms with Crippen molar-refractivity contribution in [2.45, 2.75) is 70.8 Å². The summed E-state index contributed by atoms with van der Waals surface area (Å²) in [5.41, 5.74) is 3.11. The van der Waals surface area contributed by atoms with Gasteiger partial charge in [0.05, 0.1) is 13.7 Å². The van der Waals surface area contributed by atoms with Gasteiger partial charge in [-0.25, -0.2) is 5.06 Å². The Bertz CT molecular complexity index is 799. The Balaban J connectivity index is 1.68. The second-order valence-corrected chi connectivity index (χ2v) is 9.33. The second kappa shape index (κ2) is 8.40. The van der Waals surface area contributed by atoms with Crippen LogP contribution >= 0.6 is 0 Å². The van der Waals surface area contributed by atoms with E-state index in [2.05, 4.69) is 12.1 Å². The molecule has 0 aromatic heterocycles. The third-order valence-electron chi connectivity index (χ3n) is 7.31. The average Bonchev–Trinajstić information content (AvgIpc) is 3.29. The van der Waals surface area contributed by atoms with Crippen LogP contribution < -0.4 is 0 Å². The predicted molar refractivity (Wildman–Crippen MR) is 114 cm³/mol. The van der Waals surface area contributed by atoms with Crippen molar-refractivity contribution in [1.82, 2.24) is 10.1 Å². The van der Waals surface area contributed by atoms with E-state index in [1.807, 2.05) is 25.8 Å². The van der Waals surface area contributed by atoms with Crippen molar-refractivity contribution in [3.05, 3.63) is 34.4 Å². The highest BCUT2D eigenvalue weighted by Gasteiger charge is 2.61. The van der Waals surface area contributed by atoms with Gasteiger partial charge in [0.1, 0.15) is 11.5 Å². The largest absolute Gasteiger partial charge is 0.302 e. The number of carbonyl (C=O) groups excluding carboxylic acids is 2. The van der Waals surface area contributed by atoms with Crippen LogP contribution in [0.4, 0.5) is 0 Å². The molecule has 3 fully saturated rings. The minimum atomic E-state index is -0.890. The number of hydrogen-bond donors (Lipinski definition) is 0. The van der Waals surface area contributed by atoms with E-state index in [-0.39, 0.29) is 11.7 Å². The van der Waals surface area contributed by atoms with E-state index in [9.17, 15) is 9.59 Å². The molecule has 1 aromatic rings. The number of Topliss-reactive ketones (excluding diaryl/α,β-unsaturated/α-hetero) is 1. The van der Waals surface area contributed by atoms with Gasteiger partial charge in [0.15, 0.2) is 5.78 Å². The molecule has 2 saturated heterocycles. The van der Waals surface area contributed by atoms with Gasteiger partial charge in [0.2, 0.25) is 0 Å². The summed E-state index contributed by atoms with van der Waals surface area (Å²) >= 11 is 0. The predicted octanol–water partition coefficient (Wildman–Crippen LogP) is 3.62. The number of hydrogen-bond acceptors (Lipinski definition) is 5. The summed E-state index contributed by atoms with van der Waals surface area (Å²) in [7, 11) is 1.65. The minimum Gasteiger partial charge on any atom is -0.302 e. The van der Waals surface area contributed by atoms with Crippen LogP contribution in [0.1, 0.15) is 66.7 Å². The normalized spacial score (nSPS) is 25.1. The molecule has 1 unspecified atom stereocenters. The maximum absolute atomic E-state index is 13.9. The zero-order valence-electron chi connectivity index (χ0n) is 18.7. The fourth-order valence-electron chi connectivity index (χ4n) is 5.74. The Morgan fingerprint density at radius 2 is 1.63 bits per heavy atom. The van der Waals surface area contributed by atoms with E-state index < -0.39 is 11.5 Å². The molecule has 2 aliphatic heterocycles. The minimum absolute atomic E-state index is 0.00951. The van der Waals surface area contributed by atoms with Gasteiger partial charge in [-0.15, -0.1) is 0 Å². The third kappa shape index (κ3) is 3.59. The number of hydroxylamine groups is 4. The van der Waals surface area contributed by atoms with E-state index in [1.165, 1.54) is 17.9 Å². The van der Waals surface area contributed by atoms with Crippen molar-refractivity contribution in [3.8, 4) is 0 Å². The van der Waals surface area contributed by atoms with E-state index in [4.69, 9.17) is 9.68 Å². The number of amides is 1. The van der Waals surface area contributed by atoms with Crippen molar-refractivity contribution in [2.24, 2.45) is 5.92 Å². The molecule has 1 aromatic carbocycles. The van der Waals surface area contributed by atoms with Crippen molar-refractivity contribution >= 4 is 11.7 Å². The number of piperidine rings is 1.